The molecule has 2 N–H and O–H groups in total. The summed E-state index contributed by atoms with van der Waals surface area (Å²) in [5, 5.41) is 5.76. The van der Waals surface area contributed by atoms with E-state index in [1.807, 2.05) is 12.1 Å². The molecule has 3 aromatic rings. The number of rotatable bonds is 3. The molecule has 1 saturated heterocycles. The molecular weight excluding hydrogens is 567 g/mol. The zero-order valence-electron chi connectivity index (χ0n) is 23.3. The van der Waals surface area contributed by atoms with Crippen LogP contribution in [0.2, 0.25) is 0 Å². The van der Waals surface area contributed by atoms with Gasteiger partial charge in [-0.3, -0.25) is 14.4 Å². The number of nitrogens with zero attached hydrogens (tertiary/aromatic N) is 1. The van der Waals surface area contributed by atoms with Crippen LogP contribution in [0.4, 0.5) is 13.2 Å². The number of hydrogen-bond acceptors (Lipinski definition) is 6. The molecule has 4 bridgehead atoms. The summed E-state index contributed by atoms with van der Waals surface area (Å²) in [6, 6.07) is 15.7. The van der Waals surface area contributed by atoms with E-state index in [2.05, 4.69) is 10.6 Å². The van der Waals surface area contributed by atoms with E-state index in [4.69, 9.17) is 14.2 Å². The Hall–Kier alpha value is -4.74. The van der Waals surface area contributed by atoms with Crippen molar-refractivity contribution in [3.63, 3.8) is 0 Å². The van der Waals surface area contributed by atoms with Crippen LogP contribution in [0.25, 0.3) is 0 Å². The van der Waals surface area contributed by atoms with Crippen LogP contribution < -0.4 is 24.8 Å². The third-order valence-electron chi connectivity index (χ3n) is 7.34. The predicted octanol–water partition coefficient (Wildman–Crippen LogP) is 3.74. The van der Waals surface area contributed by atoms with Gasteiger partial charge in [0, 0.05) is 31.6 Å². The van der Waals surface area contributed by atoms with Gasteiger partial charge in [0.25, 0.3) is 11.8 Å². The standard InChI is InChI=1S/C31H30F3N3O6/c1-41-26-11-6-21-15-27(26)42-18-28(38)35-16-20-4-9-23(10-5-20)43-25-12-13-37(17-24(25)36-30(21)40)29(39)14-19-2-7-22(8-3-19)31(32,33)34/h2-11,15,24-25H,12-14,16-18H2,1H3,(H,35,38)(H,36,40)/t24-,25+/m0/s1. The van der Waals surface area contributed by atoms with Crippen molar-refractivity contribution in [3.8, 4) is 17.2 Å². The maximum atomic E-state index is 13.4. The van der Waals surface area contributed by atoms with Crippen molar-refractivity contribution in [2.45, 2.75) is 37.7 Å². The molecule has 0 radical (unpaired) electrons. The van der Waals surface area contributed by atoms with Crippen molar-refractivity contribution in [2.24, 2.45) is 0 Å². The molecule has 0 aliphatic carbocycles. The Morgan fingerprint density at radius 3 is 2.49 bits per heavy atom. The molecule has 12 heteroatoms. The summed E-state index contributed by atoms with van der Waals surface area (Å²) in [4.78, 5) is 40.5. The molecule has 226 valence electrons. The molecular formula is C31H30F3N3O6. The van der Waals surface area contributed by atoms with Gasteiger partial charge >= 0.3 is 6.18 Å². The number of nitrogens with one attached hydrogen (secondary N) is 2. The fourth-order valence-electron chi connectivity index (χ4n) is 4.97. The van der Waals surface area contributed by atoms with Crippen molar-refractivity contribution >= 4 is 17.7 Å². The van der Waals surface area contributed by atoms with Crippen LogP contribution in [0.15, 0.2) is 66.7 Å². The second kappa shape index (κ2) is 12.6. The molecule has 0 saturated carbocycles. The quantitative estimate of drug-likeness (QED) is 0.477. The zero-order valence-corrected chi connectivity index (χ0v) is 23.3. The molecule has 3 amide bonds. The first-order valence-corrected chi connectivity index (χ1v) is 13.7. The van der Waals surface area contributed by atoms with Gasteiger partial charge in [-0.15, -0.1) is 0 Å². The average molecular weight is 598 g/mol. The number of likely N-dealkylation sites (tertiary alicyclic amines) is 1. The van der Waals surface area contributed by atoms with Gasteiger partial charge in [-0.25, -0.2) is 0 Å². The van der Waals surface area contributed by atoms with Gasteiger partial charge in [0.15, 0.2) is 18.1 Å². The number of fused-ring (bicyclic) bond motifs is 7. The number of halogens is 3. The maximum absolute atomic E-state index is 13.4. The minimum absolute atomic E-state index is 0.0856. The second-order valence-electron chi connectivity index (χ2n) is 10.3. The molecule has 2 atom stereocenters. The Labute approximate surface area is 245 Å². The lowest BCUT2D eigenvalue weighted by Gasteiger charge is -2.39. The first-order valence-electron chi connectivity index (χ1n) is 13.7. The van der Waals surface area contributed by atoms with E-state index in [9.17, 15) is 27.6 Å². The molecule has 9 nitrogen and oxygen atoms in total. The summed E-state index contributed by atoms with van der Waals surface area (Å²) in [5.41, 5.74) is 0.761. The van der Waals surface area contributed by atoms with Gasteiger partial charge in [0.05, 0.1) is 25.1 Å². The number of ether oxygens (including phenoxy) is 3. The van der Waals surface area contributed by atoms with Crippen LogP contribution in [0.5, 0.6) is 17.2 Å². The second-order valence-corrected chi connectivity index (χ2v) is 10.3. The molecule has 43 heavy (non-hydrogen) atoms. The van der Waals surface area contributed by atoms with Crippen molar-refractivity contribution in [2.75, 3.05) is 26.8 Å². The Morgan fingerprint density at radius 2 is 1.79 bits per heavy atom. The molecule has 0 spiro atoms. The summed E-state index contributed by atoms with van der Waals surface area (Å²) in [5.74, 6) is 0.0291. The third-order valence-corrected chi connectivity index (χ3v) is 7.34. The highest BCUT2D eigenvalue weighted by atomic mass is 19.4. The molecule has 3 heterocycles. The Kier molecular flexibility index (Phi) is 8.74. The highest BCUT2D eigenvalue weighted by Gasteiger charge is 2.35. The lowest BCUT2D eigenvalue weighted by atomic mass is 9.99. The lowest BCUT2D eigenvalue weighted by Crippen LogP contribution is -2.58. The minimum Gasteiger partial charge on any atom is -0.493 e. The number of benzene rings is 3. The van der Waals surface area contributed by atoms with Crippen LogP contribution in [0, 0.1) is 0 Å². The molecule has 0 unspecified atom stereocenters. The number of hydrogen-bond donors (Lipinski definition) is 2. The van der Waals surface area contributed by atoms with Crippen molar-refractivity contribution in [3.05, 3.63) is 89.0 Å². The van der Waals surface area contributed by atoms with Gasteiger partial charge in [-0.1, -0.05) is 24.3 Å². The number of carbonyl (C=O) groups is 3. The maximum Gasteiger partial charge on any atom is 0.416 e. The van der Waals surface area contributed by atoms with Crippen LogP contribution in [0.3, 0.4) is 0 Å². The van der Waals surface area contributed by atoms with Gasteiger partial charge < -0.3 is 29.7 Å². The largest absolute Gasteiger partial charge is 0.493 e. The number of piperidine rings is 1. The van der Waals surface area contributed by atoms with Crippen molar-refractivity contribution in [1.29, 1.82) is 0 Å². The summed E-state index contributed by atoms with van der Waals surface area (Å²) >= 11 is 0. The Balaban J connectivity index is 1.37. The molecule has 1 fully saturated rings. The number of methoxy groups -OCH3 is 1. The molecule has 3 aliphatic rings. The monoisotopic (exact) mass is 597 g/mol. The van der Waals surface area contributed by atoms with E-state index in [-0.39, 0.29) is 49.2 Å². The molecule has 3 aliphatic heterocycles. The first kappa shape index (κ1) is 29.7. The molecule has 0 aromatic heterocycles. The molecule has 6 rings (SSSR count). The third kappa shape index (κ3) is 7.37. The summed E-state index contributed by atoms with van der Waals surface area (Å²) in [7, 11) is 1.45. The van der Waals surface area contributed by atoms with Gasteiger partial charge in [-0.2, -0.15) is 13.2 Å². The lowest BCUT2D eigenvalue weighted by molar-refractivity contribution is -0.137. The Morgan fingerprint density at radius 1 is 1.05 bits per heavy atom. The number of alkyl halides is 3. The van der Waals surface area contributed by atoms with Crippen LogP contribution in [-0.2, 0) is 28.7 Å². The minimum atomic E-state index is -4.46. The van der Waals surface area contributed by atoms with E-state index in [1.54, 1.807) is 29.2 Å². The topological polar surface area (TPSA) is 106 Å². The van der Waals surface area contributed by atoms with Gasteiger partial charge in [0.1, 0.15) is 11.9 Å². The fraction of sp³-hybridized carbons (Fsp3) is 0.323. The molecule has 3 aromatic carbocycles. The van der Waals surface area contributed by atoms with E-state index in [0.717, 1.165) is 17.7 Å². The van der Waals surface area contributed by atoms with E-state index in [1.165, 1.54) is 25.3 Å². The van der Waals surface area contributed by atoms with Gasteiger partial charge in [0.2, 0.25) is 5.91 Å². The Bertz CT molecular complexity index is 1480. The van der Waals surface area contributed by atoms with E-state index in [0.29, 0.717) is 30.0 Å². The smallest absolute Gasteiger partial charge is 0.416 e. The van der Waals surface area contributed by atoms with Crippen molar-refractivity contribution < 1.29 is 41.8 Å². The van der Waals surface area contributed by atoms with Gasteiger partial charge in [-0.05, 0) is 53.6 Å². The van der Waals surface area contributed by atoms with Crippen LogP contribution in [-0.4, -0.2) is 61.6 Å². The normalized spacial score (nSPS) is 19.2. The highest BCUT2D eigenvalue weighted by molar-refractivity contribution is 5.95. The first-order chi connectivity index (χ1) is 20.6. The zero-order chi connectivity index (χ0) is 30.6. The fourth-order valence-corrected chi connectivity index (χ4v) is 4.97. The summed E-state index contributed by atoms with van der Waals surface area (Å²) < 4.78 is 56.1. The summed E-state index contributed by atoms with van der Waals surface area (Å²) in [6.45, 7) is 0.456. The van der Waals surface area contributed by atoms with Crippen LogP contribution in [0.1, 0.15) is 33.5 Å². The SMILES string of the molecule is COc1ccc2cc1OCC(=O)NCc1ccc(cc1)O[C@@H]1CCN(C(=O)Cc3ccc(C(F)(F)F)cc3)C[C@@H]1NC2=O. The highest BCUT2D eigenvalue weighted by Crippen LogP contribution is 2.30. The average Bonchev–Trinajstić information content (AvgIpc) is 2.99. The number of carbonyl (C=O) groups excluding carboxylic acids is 3. The van der Waals surface area contributed by atoms with Crippen molar-refractivity contribution in [1.82, 2.24) is 15.5 Å². The summed E-state index contributed by atoms with van der Waals surface area (Å²) in [6.07, 6.45) is -4.62. The predicted molar refractivity (Wildman–Crippen MR) is 149 cm³/mol. The number of amides is 3. The van der Waals surface area contributed by atoms with E-state index >= 15 is 0 Å². The van der Waals surface area contributed by atoms with E-state index < -0.39 is 29.8 Å². The van der Waals surface area contributed by atoms with Crippen LogP contribution >= 0.6 is 0 Å².